The highest BCUT2D eigenvalue weighted by Gasteiger charge is 2.50. The molecule has 2 atom stereocenters. The van der Waals surface area contributed by atoms with Gasteiger partial charge in [-0.05, 0) is 82.3 Å². The Hall–Kier alpha value is -2.68. The normalized spacial score (nSPS) is 22.2. The monoisotopic (exact) mass is 621 g/mol. The molecule has 2 aliphatic rings. The highest BCUT2D eigenvalue weighted by molar-refractivity contribution is 5.97. The first-order chi connectivity index (χ1) is 20.0. The van der Waals surface area contributed by atoms with Gasteiger partial charge in [-0.15, -0.1) is 0 Å². The number of nitrogens with one attached hydrogen (secondary N) is 1. The summed E-state index contributed by atoms with van der Waals surface area (Å²) in [4.78, 5) is 21.1. The number of allylic oxidation sites excluding steroid dienone is 1. The molecule has 0 spiro atoms. The van der Waals surface area contributed by atoms with Crippen LogP contribution in [0, 0.1) is 5.92 Å². The number of piperidine rings is 1. The van der Waals surface area contributed by atoms with E-state index in [1.165, 1.54) is 12.1 Å². The van der Waals surface area contributed by atoms with Crippen LogP contribution in [0.5, 0.6) is 0 Å². The van der Waals surface area contributed by atoms with E-state index < -0.39 is 29.0 Å². The van der Waals surface area contributed by atoms with Gasteiger partial charge >= 0.3 is 12.4 Å². The lowest BCUT2D eigenvalue weighted by molar-refractivity contribution is -0.358. The van der Waals surface area contributed by atoms with Crippen LogP contribution >= 0.6 is 0 Å². The Kier molecular flexibility index (Phi) is 11.7. The first kappa shape index (κ1) is 34.8. The Bertz CT molecular complexity index is 1130. The number of anilines is 1. The van der Waals surface area contributed by atoms with Crippen molar-refractivity contribution in [1.82, 2.24) is 15.4 Å². The fourth-order valence-electron chi connectivity index (χ4n) is 5.42. The predicted molar refractivity (Wildman–Crippen MR) is 150 cm³/mol. The molecule has 1 amide bonds. The number of nitrogens with zero attached hydrogens (tertiary/aromatic N) is 4. The minimum atomic E-state index is -4.74. The molecule has 1 heterocycles. The van der Waals surface area contributed by atoms with Crippen LogP contribution in [0.4, 0.5) is 32.0 Å². The molecule has 14 heteroatoms. The summed E-state index contributed by atoms with van der Waals surface area (Å²) in [6.07, 6.45) is -5.66. The van der Waals surface area contributed by atoms with Crippen molar-refractivity contribution in [3.05, 3.63) is 41.5 Å². The highest BCUT2D eigenvalue weighted by Crippen LogP contribution is 2.42. The molecule has 0 aromatic heterocycles. The molecule has 1 saturated heterocycles. The van der Waals surface area contributed by atoms with Gasteiger partial charge in [0.1, 0.15) is 5.54 Å². The minimum absolute atomic E-state index is 0.0341. The van der Waals surface area contributed by atoms with Gasteiger partial charge in [-0.25, -0.2) is 0 Å². The molecule has 3 N–H and O–H groups in total. The number of likely N-dealkylation sites (tertiary alicyclic amines) is 1. The summed E-state index contributed by atoms with van der Waals surface area (Å²) < 4.78 is 79.0. The summed E-state index contributed by atoms with van der Waals surface area (Å²) in [5.41, 5.74) is -2.75. The topological polar surface area (TPSA) is 91.6 Å². The van der Waals surface area contributed by atoms with Crippen LogP contribution in [0.15, 0.2) is 40.9 Å². The number of rotatable bonds is 11. The molecular formula is C29H41F6N5O3. The molecule has 8 nitrogen and oxygen atoms in total. The molecule has 2 unspecified atom stereocenters. The molecule has 1 fully saturated rings. The average Bonchev–Trinajstić information content (AvgIpc) is 2.94. The van der Waals surface area contributed by atoms with Gasteiger partial charge in [0.15, 0.2) is 0 Å². The Morgan fingerprint density at radius 2 is 1.72 bits per heavy atom. The molecule has 1 aromatic rings. The maximum Gasteiger partial charge on any atom is 0.416 e. The smallest absolute Gasteiger partial charge is 0.373 e. The summed E-state index contributed by atoms with van der Waals surface area (Å²) in [5, 5.41) is 21.8. The van der Waals surface area contributed by atoms with Crippen LogP contribution in [0.25, 0.3) is 0 Å². The number of carbonyl (C=O) groups excluding carboxylic acids is 1. The quantitative estimate of drug-likeness (QED) is 0.167. The molecule has 1 aromatic carbocycles. The molecular weight excluding hydrogens is 580 g/mol. The van der Waals surface area contributed by atoms with Crippen LogP contribution in [0.2, 0.25) is 0 Å². The van der Waals surface area contributed by atoms with Crippen LogP contribution in [-0.4, -0.2) is 89.7 Å². The van der Waals surface area contributed by atoms with Gasteiger partial charge in [0.2, 0.25) is 5.91 Å². The molecule has 1 aliphatic carbocycles. The number of benzene rings is 1. The first-order valence-corrected chi connectivity index (χ1v) is 14.4. The number of halogens is 6. The third-order valence-corrected chi connectivity index (χ3v) is 8.30. The van der Waals surface area contributed by atoms with Gasteiger partial charge in [0.25, 0.3) is 0 Å². The SMILES string of the molecule is CC(CCCNCCN(C)c1ccc(C(F)(F)F)cc1)C(=O)N1CCC(N=C2C=C(C(F)(F)F)C(C)(N(O)O)CC2)CC1. The largest absolute Gasteiger partial charge is 0.416 e. The van der Waals surface area contributed by atoms with Crippen LogP contribution in [0.1, 0.15) is 57.9 Å². The second-order valence-electron chi connectivity index (χ2n) is 11.6. The Balaban J connectivity index is 1.37. The highest BCUT2D eigenvalue weighted by atomic mass is 19.4. The number of amides is 1. The number of hydroxylamine groups is 2. The van der Waals surface area contributed by atoms with Gasteiger partial charge < -0.3 is 15.1 Å². The summed E-state index contributed by atoms with van der Waals surface area (Å²) in [5.74, 6) is -0.153. The number of hydrogen-bond donors (Lipinski definition) is 3. The fourth-order valence-corrected chi connectivity index (χ4v) is 5.42. The number of hydrogen-bond acceptors (Lipinski definition) is 7. The zero-order valence-electron chi connectivity index (χ0n) is 24.7. The molecule has 1 aliphatic heterocycles. The van der Waals surface area contributed by atoms with E-state index in [2.05, 4.69) is 10.3 Å². The molecule has 242 valence electrons. The summed E-state index contributed by atoms with van der Waals surface area (Å²) in [6.45, 7) is 5.85. The van der Waals surface area contributed by atoms with Gasteiger partial charge in [0, 0.05) is 50.5 Å². The maximum absolute atomic E-state index is 13.6. The van der Waals surface area contributed by atoms with Crippen molar-refractivity contribution < 1.29 is 41.6 Å². The Labute approximate surface area is 247 Å². The average molecular weight is 622 g/mol. The van der Waals surface area contributed by atoms with E-state index in [0.717, 1.165) is 31.6 Å². The summed E-state index contributed by atoms with van der Waals surface area (Å²) in [7, 11) is 1.81. The zero-order chi connectivity index (χ0) is 32.0. The van der Waals surface area contributed by atoms with Crippen molar-refractivity contribution >= 4 is 17.3 Å². The van der Waals surface area contributed by atoms with Crippen molar-refractivity contribution in [3.63, 3.8) is 0 Å². The summed E-state index contributed by atoms with van der Waals surface area (Å²) >= 11 is 0. The van der Waals surface area contributed by atoms with Crippen molar-refractivity contribution in [2.45, 2.75) is 76.3 Å². The maximum atomic E-state index is 13.6. The van der Waals surface area contributed by atoms with E-state index >= 15 is 0 Å². The van der Waals surface area contributed by atoms with Crippen molar-refractivity contribution in [2.24, 2.45) is 10.9 Å². The van der Waals surface area contributed by atoms with E-state index in [1.807, 2.05) is 18.9 Å². The van der Waals surface area contributed by atoms with Crippen molar-refractivity contribution in [3.8, 4) is 0 Å². The second-order valence-corrected chi connectivity index (χ2v) is 11.6. The predicted octanol–water partition coefficient (Wildman–Crippen LogP) is 5.70. The van der Waals surface area contributed by atoms with E-state index in [4.69, 9.17) is 0 Å². The Morgan fingerprint density at radius 1 is 1.09 bits per heavy atom. The number of carbonyl (C=O) groups is 1. The lowest BCUT2D eigenvalue weighted by Gasteiger charge is -2.39. The van der Waals surface area contributed by atoms with E-state index in [0.29, 0.717) is 57.7 Å². The van der Waals surface area contributed by atoms with Gasteiger partial charge in [-0.3, -0.25) is 20.2 Å². The Morgan fingerprint density at radius 3 is 2.28 bits per heavy atom. The van der Waals surface area contributed by atoms with Crippen molar-refractivity contribution in [1.29, 1.82) is 0 Å². The van der Waals surface area contributed by atoms with Crippen molar-refractivity contribution in [2.75, 3.05) is 44.7 Å². The third kappa shape index (κ3) is 9.40. The van der Waals surface area contributed by atoms with E-state index in [1.54, 1.807) is 4.90 Å². The van der Waals surface area contributed by atoms with E-state index in [-0.39, 0.29) is 41.6 Å². The van der Waals surface area contributed by atoms with Gasteiger partial charge in [-0.2, -0.15) is 26.3 Å². The number of aliphatic imine (C=N–C) groups is 1. The second kappa shape index (κ2) is 14.4. The summed E-state index contributed by atoms with van der Waals surface area (Å²) in [6, 6.07) is 4.80. The third-order valence-electron chi connectivity index (χ3n) is 8.30. The molecule has 0 saturated carbocycles. The first-order valence-electron chi connectivity index (χ1n) is 14.4. The molecule has 43 heavy (non-hydrogen) atoms. The number of likely N-dealkylation sites (N-methyl/N-ethyl adjacent to an activating group) is 1. The minimum Gasteiger partial charge on any atom is -0.373 e. The fraction of sp³-hybridized carbons (Fsp3) is 0.655. The van der Waals surface area contributed by atoms with E-state index in [9.17, 15) is 41.6 Å². The van der Waals surface area contributed by atoms with Gasteiger partial charge in [-0.1, -0.05) is 12.2 Å². The number of alkyl halides is 6. The molecule has 3 rings (SSSR count). The van der Waals surface area contributed by atoms with Crippen LogP contribution < -0.4 is 10.2 Å². The lowest BCUT2D eigenvalue weighted by atomic mass is 9.80. The van der Waals surface area contributed by atoms with Crippen LogP contribution in [-0.2, 0) is 11.0 Å². The molecule has 0 bridgehead atoms. The standard InChI is InChI=1S/C29H41F6N5O3/c1-20(5-4-14-36-15-18-38(3)24-8-6-21(7-9-24)28(30,31)32)26(41)39-16-11-22(12-17-39)37-23-10-13-27(2,40(42)43)25(19-23)29(33,34)35/h6-9,19-20,22,36,42-43H,4-5,10-18H2,1-3H3. The lowest BCUT2D eigenvalue weighted by Crippen LogP contribution is -2.50. The zero-order valence-corrected chi connectivity index (χ0v) is 24.7. The van der Waals surface area contributed by atoms with Crippen LogP contribution in [0.3, 0.4) is 0 Å². The van der Waals surface area contributed by atoms with Gasteiger partial charge in [0.05, 0.1) is 17.2 Å². The molecule has 0 radical (unpaired) electrons.